The molecule has 0 spiro atoms. The molecule has 0 saturated heterocycles. The second kappa shape index (κ2) is 13.3. The van der Waals surface area contributed by atoms with Crippen LogP contribution in [-0.2, 0) is 14.6 Å². The van der Waals surface area contributed by atoms with Crippen LogP contribution < -0.4 is 6.15 Å². The van der Waals surface area contributed by atoms with Gasteiger partial charge in [0.25, 0.3) is 0 Å². The Balaban J connectivity index is 0. The van der Waals surface area contributed by atoms with Crippen LogP contribution in [0.1, 0.15) is 97.8 Å². The van der Waals surface area contributed by atoms with E-state index in [9.17, 15) is 13.0 Å². The van der Waals surface area contributed by atoms with Crippen molar-refractivity contribution in [3.63, 3.8) is 0 Å². The molecule has 5 nitrogen and oxygen atoms in total. The third-order valence-corrected chi connectivity index (χ3v) is 4.37. The van der Waals surface area contributed by atoms with E-state index in [4.69, 9.17) is 0 Å². The van der Waals surface area contributed by atoms with Crippen LogP contribution >= 0.6 is 0 Å². The molecule has 0 aromatic rings. The second-order valence-corrected chi connectivity index (χ2v) is 7.52. The van der Waals surface area contributed by atoms with Crippen LogP contribution in [-0.4, -0.2) is 18.6 Å². The first-order valence-corrected chi connectivity index (χ1v) is 9.76. The molecule has 0 bridgehead atoms. The van der Waals surface area contributed by atoms with Crippen molar-refractivity contribution in [2.45, 2.75) is 103 Å². The van der Waals surface area contributed by atoms with Gasteiger partial charge in [0, 0.05) is 0 Å². The van der Waals surface area contributed by atoms with Gasteiger partial charge in [-0.15, -0.1) is 0 Å². The molecule has 0 heterocycles. The molecule has 0 saturated carbocycles. The minimum Gasteiger partial charge on any atom is -0.726 e. The Morgan fingerprint density at radius 2 is 1.18 bits per heavy atom. The monoisotopic (exact) mass is 339 g/mol. The van der Waals surface area contributed by atoms with Gasteiger partial charge in [-0.2, -0.15) is 0 Å². The number of quaternary nitrogens is 1. The quantitative estimate of drug-likeness (QED) is 0.263. The lowest BCUT2D eigenvalue weighted by Crippen LogP contribution is -2.27. The first-order valence-electron chi connectivity index (χ1n) is 8.43. The van der Waals surface area contributed by atoms with E-state index in [1.54, 1.807) is 13.8 Å². The zero-order valence-corrected chi connectivity index (χ0v) is 15.8. The first kappa shape index (κ1) is 24.1. The average molecular weight is 340 g/mol. The van der Waals surface area contributed by atoms with Crippen LogP contribution in [0, 0.1) is 0 Å². The van der Waals surface area contributed by atoms with Gasteiger partial charge in [0.05, 0.1) is 5.60 Å². The van der Waals surface area contributed by atoms with Gasteiger partial charge in [-0.05, 0) is 20.3 Å². The molecule has 0 fully saturated rings. The predicted octanol–water partition coefficient (Wildman–Crippen LogP) is 5.32. The lowest BCUT2D eigenvalue weighted by Gasteiger charge is -2.26. The molecule has 6 heteroatoms. The maximum absolute atomic E-state index is 10.6. The summed E-state index contributed by atoms with van der Waals surface area (Å²) in [6.07, 6.45) is 14.4. The minimum absolute atomic E-state index is 0. The van der Waals surface area contributed by atoms with Crippen molar-refractivity contribution in [3.8, 4) is 0 Å². The van der Waals surface area contributed by atoms with Crippen molar-refractivity contribution in [1.82, 2.24) is 6.15 Å². The van der Waals surface area contributed by atoms with Crippen LogP contribution in [0.3, 0.4) is 0 Å². The van der Waals surface area contributed by atoms with Crippen LogP contribution in [0.25, 0.3) is 0 Å². The Kier molecular flexibility index (Phi) is 14.5. The summed E-state index contributed by atoms with van der Waals surface area (Å²) in [4.78, 5) is 0. The summed E-state index contributed by atoms with van der Waals surface area (Å²) in [5.41, 5.74) is -0.875. The number of rotatable bonds is 14. The maximum atomic E-state index is 10.6. The number of hydrogen-bond donors (Lipinski definition) is 1. The maximum Gasteiger partial charge on any atom is 0.218 e. The van der Waals surface area contributed by atoms with Gasteiger partial charge < -0.3 is 10.7 Å². The first-order chi connectivity index (χ1) is 9.77. The SMILES string of the molecule is CCCCCCCCCCCCCC(C)(C)OS(=O)(=O)[O-].[NH4+]. The van der Waals surface area contributed by atoms with Crippen LogP contribution in [0.15, 0.2) is 0 Å². The van der Waals surface area contributed by atoms with Crippen LogP contribution in [0.4, 0.5) is 0 Å². The zero-order valence-electron chi connectivity index (χ0n) is 15.0. The van der Waals surface area contributed by atoms with Gasteiger partial charge in [0.15, 0.2) is 0 Å². The van der Waals surface area contributed by atoms with E-state index in [1.807, 2.05) is 0 Å². The fourth-order valence-electron chi connectivity index (χ4n) is 2.53. The van der Waals surface area contributed by atoms with Crippen molar-refractivity contribution in [3.05, 3.63) is 0 Å². The standard InChI is InChI=1S/C16H34O4S.H3N/c1-4-5-6-7-8-9-10-11-12-13-14-15-16(2,3)20-21(17,18)19;/h4-15H2,1-3H3,(H,17,18,19);1H3. The Hall–Kier alpha value is -0.170. The van der Waals surface area contributed by atoms with Gasteiger partial charge in [-0.1, -0.05) is 77.6 Å². The smallest absolute Gasteiger partial charge is 0.218 e. The van der Waals surface area contributed by atoms with E-state index in [2.05, 4.69) is 11.1 Å². The van der Waals surface area contributed by atoms with Crippen molar-refractivity contribution in [2.75, 3.05) is 0 Å². The fourth-order valence-corrected chi connectivity index (χ4v) is 3.17. The summed E-state index contributed by atoms with van der Waals surface area (Å²) >= 11 is 0. The Bertz CT molecular complexity index is 342. The zero-order chi connectivity index (χ0) is 16.2. The van der Waals surface area contributed by atoms with E-state index in [0.717, 1.165) is 12.8 Å². The molecule has 136 valence electrons. The molecule has 22 heavy (non-hydrogen) atoms. The van der Waals surface area contributed by atoms with Crippen molar-refractivity contribution in [2.24, 2.45) is 0 Å². The molecule has 0 atom stereocenters. The highest BCUT2D eigenvalue weighted by Gasteiger charge is 2.21. The van der Waals surface area contributed by atoms with E-state index in [0.29, 0.717) is 6.42 Å². The molecule has 0 rings (SSSR count). The summed E-state index contributed by atoms with van der Waals surface area (Å²) < 4.78 is 36.2. The van der Waals surface area contributed by atoms with E-state index < -0.39 is 16.0 Å². The Morgan fingerprint density at radius 3 is 1.55 bits per heavy atom. The van der Waals surface area contributed by atoms with Gasteiger partial charge >= 0.3 is 0 Å². The Morgan fingerprint density at radius 1 is 0.818 bits per heavy atom. The predicted molar refractivity (Wildman–Crippen MR) is 91.9 cm³/mol. The highest BCUT2D eigenvalue weighted by molar-refractivity contribution is 7.80. The highest BCUT2D eigenvalue weighted by Crippen LogP contribution is 2.21. The average Bonchev–Trinajstić information content (AvgIpc) is 2.33. The van der Waals surface area contributed by atoms with Gasteiger partial charge in [-0.25, -0.2) is 8.42 Å². The molecule has 0 unspecified atom stereocenters. The normalized spacial score (nSPS) is 12.2. The third kappa shape index (κ3) is 17.9. The van der Waals surface area contributed by atoms with Gasteiger partial charge in [0.1, 0.15) is 0 Å². The topological polar surface area (TPSA) is 103 Å². The van der Waals surface area contributed by atoms with Crippen molar-refractivity contribution < 1.29 is 17.2 Å². The minimum atomic E-state index is -4.60. The summed E-state index contributed by atoms with van der Waals surface area (Å²) in [6.45, 7) is 5.54. The third-order valence-electron chi connectivity index (χ3n) is 3.71. The molecule has 0 amide bonds. The van der Waals surface area contributed by atoms with Crippen molar-refractivity contribution >= 4 is 10.4 Å². The van der Waals surface area contributed by atoms with Crippen LogP contribution in [0.5, 0.6) is 0 Å². The molecule has 4 N–H and O–H groups in total. The fraction of sp³-hybridized carbons (Fsp3) is 1.00. The van der Waals surface area contributed by atoms with E-state index in [-0.39, 0.29) is 6.15 Å². The molecule has 0 aromatic carbocycles. The highest BCUT2D eigenvalue weighted by atomic mass is 32.3. The number of hydrogen-bond acceptors (Lipinski definition) is 4. The second-order valence-electron chi connectivity index (χ2n) is 6.54. The summed E-state index contributed by atoms with van der Waals surface area (Å²) in [5, 5.41) is 0. The number of unbranched alkanes of at least 4 members (excludes halogenated alkanes) is 10. The molecule has 0 aromatic heterocycles. The molecule has 0 aliphatic carbocycles. The van der Waals surface area contributed by atoms with Crippen molar-refractivity contribution in [1.29, 1.82) is 0 Å². The largest absolute Gasteiger partial charge is 0.726 e. The lowest BCUT2D eigenvalue weighted by atomic mass is 9.99. The molecule has 0 aliphatic rings. The summed E-state index contributed by atoms with van der Waals surface area (Å²) in [5.74, 6) is 0. The molecule has 0 aliphatic heterocycles. The summed E-state index contributed by atoms with van der Waals surface area (Å²) in [7, 11) is -4.60. The van der Waals surface area contributed by atoms with Gasteiger partial charge in [0.2, 0.25) is 10.4 Å². The van der Waals surface area contributed by atoms with E-state index in [1.165, 1.54) is 57.8 Å². The van der Waals surface area contributed by atoms with E-state index >= 15 is 0 Å². The van der Waals surface area contributed by atoms with Crippen LogP contribution in [0.2, 0.25) is 0 Å². The lowest BCUT2D eigenvalue weighted by molar-refractivity contribution is 0.0856. The Labute approximate surface area is 137 Å². The summed E-state index contributed by atoms with van der Waals surface area (Å²) in [6, 6.07) is 0. The van der Waals surface area contributed by atoms with Gasteiger partial charge in [-0.3, -0.25) is 4.18 Å². The molecule has 0 radical (unpaired) electrons. The molecular weight excluding hydrogens is 302 g/mol. The molecular formula is C16H37NO4S.